The molecule has 1 N–H and O–H groups in total. The summed E-state index contributed by atoms with van der Waals surface area (Å²) in [5, 5.41) is 3.93. The van der Waals surface area contributed by atoms with Crippen LogP contribution < -0.4 is 10.1 Å². The Hall–Kier alpha value is -1.02. The Morgan fingerprint density at radius 2 is 2.00 bits per heavy atom. The molecule has 4 rings (SSSR count). The van der Waals surface area contributed by atoms with Crippen LogP contribution in [0.25, 0.3) is 0 Å². The first-order valence-corrected chi connectivity index (χ1v) is 8.66. The molecule has 3 aliphatic rings. The Labute approximate surface area is 128 Å². The maximum atomic E-state index is 5.35. The molecule has 3 aliphatic carbocycles. The van der Waals surface area contributed by atoms with Crippen molar-refractivity contribution < 1.29 is 4.74 Å². The van der Waals surface area contributed by atoms with E-state index in [2.05, 4.69) is 30.4 Å². The van der Waals surface area contributed by atoms with Gasteiger partial charge in [-0.1, -0.05) is 18.6 Å². The Morgan fingerprint density at radius 1 is 1.14 bits per heavy atom. The molecule has 2 heteroatoms. The van der Waals surface area contributed by atoms with E-state index in [1.54, 1.807) is 7.11 Å². The smallest absolute Gasteiger partial charge is 0.119 e. The molecule has 1 aromatic rings. The second kappa shape index (κ2) is 5.31. The first kappa shape index (κ1) is 13.6. The van der Waals surface area contributed by atoms with E-state index in [0.717, 1.165) is 35.5 Å². The summed E-state index contributed by atoms with van der Waals surface area (Å²) >= 11 is 0. The Kier molecular flexibility index (Phi) is 3.45. The third-order valence-corrected chi connectivity index (χ3v) is 6.49. The molecular formula is C19H27NO. The zero-order chi connectivity index (χ0) is 14.4. The van der Waals surface area contributed by atoms with E-state index in [1.807, 2.05) is 6.07 Å². The molecule has 114 valence electrons. The maximum Gasteiger partial charge on any atom is 0.119 e. The van der Waals surface area contributed by atoms with Gasteiger partial charge in [0, 0.05) is 12.1 Å². The van der Waals surface area contributed by atoms with Crippen LogP contribution in [0.4, 0.5) is 0 Å². The predicted molar refractivity (Wildman–Crippen MR) is 85.4 cm³/mol. The highest BCUT2D eigenvalue weighted by Crippen LogP contribution is 2.58. The van der Waals surface area contributed by atoms with Crippen molar-refractivity contribution in [1.29, 1.82) is 0 Å². The van der Waals surface area contributed by atoms with Gasteiger partial charge in [0.05, 0.1) is 7.11 Å². The molecule has 5 unspecified atom stereocenters. The number of ether oxygens (including phenoxy) is 1. The first-order valence-electron chi connectivity index (χ1n) is 8.66. The van der Waals surface area contributed by atoms with Crippen LogP contribution in [0.3, 0.4) is 0 Å². The van der Waals surface area contributed by atoms with Crippen LogP contribution in [-0.2, 0) is 0 Å². The van der Waals surface area contributed by atoms with Gasteiger partial charge in [-0.15, -0.1) is 0 Å². The highest BCUT2D eigenvalue weighted by molar-refractivity contribution is 5.30. The van der Waals surface area contributed by atoms with Crippen LogP contribution in [0.15, 0.2) is 24.3 Å². The van der Waals surface area contributed by atoms with E-state index in [9.17, 15) is 0 Å². The minimum atomic E-state index is 0.421. The number of nitrogens with one attached hydrogen (secondary N) is 1. The molecule has 2 bridgehead atoms. The third kappa shape index (κ3) is 2.28. The summed E-state index contributed by atoms with van der Waals surface area (Å²) in [6.07, 6.45) is 7.42. The Bertz CT molecular complexity index is 514. The van der Waals surface area contributed by atoms with Crippen LogP contribution in [-0.4, -0.2) is 13.2 Å². The topological polar surface area (TPSA) is 21.3 Å². The molecule has 0 radical (unpaired) electrons. The molecule has 3 fully saturated rings. The van der Waals surface area contributed by atoms with Crippen LogP contribution in [0.5, 0.6) is 5.75 Å². The summed E-state index contributed by atoms with van der Waals surface area (Å²) in [4.78, 5) is 0. The van der Waals surface area contributed by atoms with Gasteiger partial charge in [0.1, 0.15) is 5.75 Å². The monoisotopic (exact) mass is 285 g/mol. The van der Waals surface area contributed by atoms with E-state index in [-0.39, 0.29) is 0 Å². The summed E-state index contributed by atoms with van der Waals surface area (Å²) in [5.41, 5.74) is 1.35. The standard InChI is InChI=1S/C19H27NO/c1-12(13-5-3-6-15(9-13)21-2)20-19-11-14-10-18(19)17-8-4-7-16(14)17/h3,5-6,9,12,14,16-20H,4,7-8,10-11H2,1-2H3/t12-,14?,16?,17?,18?,19?/m0/s1. The number of methoxy groups -OCH3 is 1. The second-order valence-electron chi connectivity index (χ2n) is 7.43. The van der Waals surface area contributed by atoms with Crippen molar-refractivity contribution in [2.45, 2.75) is 51.1 Å². The van der Waals surface area contributed by atoms with Crippen molar-refractivity contribution in [3.8, 4) is 5.75 Å². The van der Waals surface area contributed by atoms with Crippen LogP contribution in [0, 0.1) is 23.7 Å². The number of hydrogen-bond donors (Lipinski definition) is 1. The normalized spacial score (nSPS) is 38.5. The largest absolute Gasteiger partial charge is 0.497 e. The van der Waals surface area contributed by atoms with Crippen LogP contribution in [0.2, 0.25) is 0 Å². The van der Waals surface area contributed by atoms with Crippen molar-refractivity contribution in [2.75, 3.05) is 7.11 Å². The zero-order valence-electron chi connectivity index (χ0n) is 13.2. The minimum Gasteiger partial charge on any atom is -0.497 e. The van der Waals surface area contributed by atoms with E-state index >= 15 is 0 Å². The molecule has 0 saturated heterocycles. The van der Waals surface area contributed by atoms with E-state index < -0.39 is 0 Å². The fourth-order valence-electron chi connectivity index (χ4n) is 5.59. The number of hydrogen-bond acceptors (Lipinski definition) is 2. The van der Waals surface area contributed by atoms with Gasteiger partial charge in [-0.25, -0.2) is 0 Å². The second-order valence-corrected chi connectivity index (χ2v) is 7.43. The van der Waals surface area contributed by atoms with Gasteiger partial charge in [0.25, 0.3) is 0 Å². The molecule has 0 spiro atoms. The molecule has 21 heavy (non-hydrogen) atoms. The average molecular weight is 285 g/mol. The molecule has 1 aromatic carbocycles. The molecule has 0 heterocycles. The molecular weight excluding hydrogens is 258 g/mol. The van der Waals surface area contributed by atoms with Gasteiger partial charge >= 0.3 is 0 Å². The van der Waals surface area contributed by atoms with Crippen molar-refractivity contribution in [3.05, 3.63) is 29.8 Å². The predicted octanol–water partition coefficient (Wildman–Crippen LogP) is 4.17. The zero-order valence-corrected chi connectivity index (χ0v) is 13.2. The Morgan fingerprint density at radius 3 is 2.86 bits per heavy atom. The SMILES string of the molecule is COc1cccc([C@H](C)NC2CC3CC2C2CCCC32)c1. The molecule has 2 nitrogen and oxygen atoms in total. The summed E-state index contributed by atoms with van der Waals surface area (Å²) in [6, 6.07) is 9.67. The van der Waals surface area contributed by atoms with Gasteiger partial charge in [-0.05, 0) is 74.0 Å². The minimum absolute atomic E-state index is 0.421. The molecule has 0 aliphatic heterocycles. The van der Waals surface area contributed by atoms with Gasteiger partial charge < -0.3 is 10.1 Å². The molecule has 0 amide bonds. The third-order valence-electron chi connectivity index (χ3n) is 6.49. The van der Waals surface area contributed by atoms with Gasteiger partial charge in [0.2, 0.25) is 0 Å². The number of fused-ring (bicyclic) bond motifs is 5. The maximum absolute atomic E-state index is 5.35. The highest BCUT2D eigenvalue weighted by atomic mass is 16.5. The van der Waals surface area contributed by atoms with Crippen LogP contribution in [0.1, 0.15) is 50.6 Å². The average Bonchev–Trinajstić information content (AvgIpc) is 3.19. The van der Waals surface area contributed by atoms with Crippen LogP contribution >= 0.6 is 0 Å². The number of rotatable bonds is 4. The van der Waals surface area contributed by atoms with Gasteiger partial charge in [-0.2, -0.15) is 0 Å². The summed E-state index contributed by atoms with van der Waals surface area (Å²) in [6.45, 7) is 2.30. The lowest BCUT2D eigenvalue weighted by molar-refractivity contribution is 0.200. The van der Waals surface area contributed by atoms with Gasteiger partial charge in [-0.3, -0.25) is 0 Å². The lowest BCUT2D eigenvalue weighted by Gasteiger charge is -2.34. The summed E-state index contributed by atoms with van der Waals surface area (Å²) in [5.74, 6) is 5.07. The van der Waals surface area contributed by atoms with Crippen molar-refractivity contribution in [3.63, 3.8) is 0 Å². The highest BCUT2D eigenvalue weighted by Gasteiger charge is 2.53. The quantitative estimate of drug-likeness (QED) is 0.896. The lowest BCUT2D eigenvalue weighted by atomic mass is 9.79. The fraction of sp³-hybridized carbons (Fsp3) is 0.684. The molecule has 6 atom stereocenters. The Balaban J connectivity index is 1.44. The van der Waals surface area contributed by atoms with Crippen molar-refractivity contribution in [2.24, 2.45) is 23.7 Å². The molecule has 0 aromatic heterocycles. The van der Waals surface area contributed by atoms with Crippen molar-refractivity contribution in [1.82, 2.24) is 5.32 Å². The summed E-state index contributed by atoms with van der Waals surface area (Å²) < 4.78 is 5.35. The summed E-state index contributed by atoms with van der Waals surface area (Å²) in [7, 11) is 1.74. The van der Waals surface area contributed by atoms with E-state index in [0.29, 0.717) is 6.04 Å². The number of benzene rings is 1. The molecule has 3 saturated carbocycles. The fourth-order valence-corrected chi connectivity index (χ4v) is 5.59. The van der Waals surface area contributed by atoms with Crippen molar-refractivity contribution >= 4 is 0 Å². The van der Waals surface area contributed by atoms with Gasteiger partial charge in [0.15, 0.2) is 0 Å². The van der Waals surface area contributed by atoms with E-state index in [4.69, 9.17) is 4.74 Å². The van der Waals surface area contributed by atoms with E-state index in [1.165, 1.54) is 37.7 Å². The first-order chi connectivity index (χ1) is 10.3. The lowest BCUT2D eigenvalue weighted by Crippen LogP contribution is -2.40.